The van der Waals surface area contributed by atoms with Crippen LogP contribution in [0.2, 0.25) is 0 Å². The van der Waals surface area contributed by atoms with Crippen molar-refractivity contribution in [2.75, 3.05) is 26.2 Å². The maximum absolute atomic E-state index is 10.8. The number of piperazine rings is 1. The Morgan fingerprint density at radius 1 is 1.33 bits per heavy atom. The number of hydrogen-bond acceptors (Lipinski definition) is 6. The van der Waals surface area contributed by atoms with E-state index in [9.17, 15) is 10.1 Å². The van der Waals surface area contributed by atoms with Crippen LogP contribution in [0.1, 0.15) is 16.6 Å². The van der Waals surface area contributed by atoms with E-state index in [1.165, 1.54) is 17.1 Å². The minimum Gasteiger partial charge on any atom is -0.314 e. The third-order valence-corrected chi connectivity index (χ3v) is 4.52. The molecule has 1 saturated heterocycles. The van der Waals surface area contributed by atoms with Crippen molar-refractivity contribution in [2.24, 2.45) is 0 Å². The van der Waals surface area contributed by atoms with Crippen molar-refractivity contribution in [3.05, 3.63) is 56.5 Å². The molecule has 2 aromatic rings. The second-order valence-electron chi connectivity index (χ2n) is 4.90. The molecule has 0 radical (unpaired) electrons. The van der Waals surface area contributed by atoms with Gasteiger partial charge in [-0.25, -0.2) is 0 Å². The molecular formula is C14H16N4O2S. The van der Waals surface area contributed by atoms with Crippen LogP contribution in [0.15, 0.2) is 35.8 Å². The smallest absolute Gasteiger partial charge is 0.287 e. The molecule has 0 spiro atoms. The van der Waals surface area contributed by atoms with E-state index in [0.717, 1.165) is 31.9 Å². The van der Waals surface area contributed by atoms with Gasteiger partial charge in [-0.15, -0.1) is 11.3 Å². The van der Waals surface area contributed by atoms with Gasteiger partial charge in [0.05, 0.1) is 16.7 Å². The van der Waals surface area contributed by atoms with Crippen molar-refractivity contribution in [3.63, 3.8) is 0 Å². The summed E-state index contributed by atoms with van der Waals surface area (Å²) in [5, 5.41) is 16.2. The summed E-state index contributed by atoms with van der Waals surface area (Å²) in [6.45, 7) is 3.80. The highest BCUT2D eigenvalue weighted by Gasteiger charge is 2.26. The third kappa shape index (κ3) is 3.10. The first-order valence-electron chi connectivity index (χ1n) is 6.84. The number of nitrogens with zero attached hydrogens (tertiary/aromatic N) is 3. The monoisotopic (exact) mass is 304 g/mol. The van der Waals surface area contributed by atoms with Crippen LogP contribution in [0.25, 0.3) is 0 Å². The molecule has 0 bridgehead atoms. The summed E-state index contributed by atoms with van der Waals surface area (Å²) in [6, 6.07) is 7.50. The first-order valence-corrected chi connectivity index (χ1v) is 7.72. The lowest BCUT2D eigenvalue weighted by atomic mass is 10.1. The molecule has 7 heteroatoms. The number of aromatic nitrogens is 1. The SMILES string of the molecule is O=[N+]([O-])c1ccc(C(c2cccs2)N2CCNCC2)nc1. The molecule has 1 N–H and O–H groups in total. The fourth-order valence-corrected chi connectivity index (χ4v) is 3.44. The van der Waals surface area contributed by atoms with E-state index in [1.807, 2.05) is 6.07 Å². The number of pyridine rings is 1. The molecule has 1 aliphatic rings. The van der Waals surface area contributed by atoms with E-state index in [0.29, 0.717) is 0 Å². The van der Waals surface area contributed by atoms with Crippen LogP contribution in [0, 0.1) is 10.1 Å². The summed E-state index contributed by atoms with van der Waals surface area (Å²) in [6.07, 6.45) is 1.35. The topological polar surface area (TPSA) is 71.3 Å². The summed E-state index contributed by atoms with van der Waals surface area (Å²) in [5.74, 6) is 0. The Morgan fingerprint density at radius 3 is 2.71 bits per heavy atom. The number of nitro groups is 1. The molecule has 0 aromatic carbocycles. The van der Waals surface area contributed by atoms with Crippen LogP contribution in [0.3, 0.4) is 0 Å². The van der Waals surface area contributed by atoms with Gasteiger partial charge in [0.15, 0.2) is 0 Å². The predicted molar refractivity (Wildman–Crippen MR) is 81.5 cm³/mol. The summed E-state index contributed by atoms with van der Waals surface area (Å²) in [7, 11) is 0. The van der Waals surface area contributed by atoms with Crippen molar-refractivity contribution >= 4 is 17.0 Å². The molecule has 21 heavy (non-hydrogen) atoms. The van der Waals surface area contributed by atoms with E-state index in [1.54, 1.807) is 17.4 Å². The van der Waals surface area contributed by atoms with E-state index in [-0.39, 0.29) is 11.7 Å². The Labute approximate surface area is 126 Å². The molecule has 6 nitrogen and oxygen atoms in total. The van der Waals surface area contributed by atoms with Crippen LogP contribution >= 0.6 is 11.3 Å². The fraction of sp³-hybridized carbons (Fsp3) is 0.357. The van der Waals surface area contributed by atoms with Gasteiger partial charge in [0.1, 0.15) is 6.20 Å². The minimum atomic E-state index is -0.415. The number of thiophene rings is 1. The lowest BCUT2D eigenvalue weighted by molar-refractivity contribution is -0.385. The molecule has 3 heterocycles. The minimum absolute atomic E-state index is 0.0315. The molecule has 1 aliphatic heterocycles. The van der Waals surface area contributed by atoms with E-state index in [2.05, 4.69) is 26.6 Å². The maximum Gasteiger partial charge on any atom is 0.287 e. The summed E-state index contributed by atoms with van der Waals surface area (Å²) in [4.78, 5) is 18.3. The Bertz CT molecular complexity index is 594. The first-order chi connectivity index (χ1) is 10.3. The molecule has 3 rings (SSSR count). The van der Waals surface area contributed by atoms with Gasteiger partial charge in [-0.3, -0.25) is 20.0 Å². The molecule has 110 valence electrons. The van der Waals surface area contributed by atoms with Gasteiger partial charge in [0.2, 0.25) is 0 Å². The standard InChI is InChI=1S/C14H16N4O2S/c19-18(20)11-3-4-12(16-10-11)14(13-2-1-9-21-13)17-7-5-15-6-8-17/h1-4,9-10,14-15H,5-8H2. The summed E-state index contributed by atoms with van der Waals surface area (Å²) in [5.41, 5.74) is 0.897. The number of nitrogens with one attached hydrogen (secondary N) is 1. The predicted octanol–water partition coefficient (Wildman–Crippen LogP) is 2.05. The molecule has 0 amide bonds. The molecule has 1 atom stereocenters. The highest BCUT2D eigenvalue weighted by Crippen LogP contribution is 2.31. The van der Waals surface area contributed by atoms with Crippen LogP contribution in [0.4, 0.5) is 5.69 Å². The van der Waals surface area contributed by atoms with Gasteiger partial charge >= 0.3 is 0 Å². The summed E-state index contributed by atoms with van der Waals surface area (Å²) < 4.78 is 0. The van der Waals surface area contributed by atoms with Gasteiger partial charge in [-0.05, 0) is 17.5 Å². The van der Waals surface area contributed by atoms with Crippen LogP contribution in [-0.2, 0) is 0 Å². The van der Waals surface area contributed by atoms with E-state index in [4.69, 9.17) is 0 Å². The van der Waals surface area contributed by atoms with Gasteiger partial charge in [0, 0.05) is 37.1 Å². The van der Waals surface area contributed by atoms with Crippen molar-refractivity contribution in [3.8, 4) is 0 Å². The number of hydrogen-bond donors (Lipinski definition) is 1. The molecule has 0 saturated carbocycles. The normalized spacial score (nSPS) is 17.5. The average molecular weight is 304 g/mol. The van der Waals surface area contributed by atoms with Gasteiger partial charge in [0.25, 0.3) is 5.69 Å². The van der Waals surface area contributed by atoms with Crippen molar-refractivity contribution in [2.45, 2.75) is 6.04 Å². The molecule has 0 aliphatic carbocycles. The Kier molecular flexibility index (Phi) is 4.23. The van der Waals surface area contributed by atoms with Gasteiger partial charge < -0.3 is 5.32 Å². The Balaban J connectivity index is 1.92. The lowest BCUT2D eigenvalue weighted by Gasteiger charge is -2.34. The lowest BCUT2D eigenvalue weighted by Crippen LogP contribution is -2.45. The quantitative estimate of drug-likeness (QED) is 0.691. The largest absolute Gasteiger partial charge is 0.314 e. The molecular weight excluding hydrogens is 288 g/mol. The summed E-state index contributed by atoms with van der Waals surface area (Å²) >= 11 is 1.69. The van der Waals surface area contributed by atoms with E-state index >= 15 is 0 Å². The fourth-order valence-electron chi connectivity index (χ4n) is 2.57. The van der Waals surface area contributed by atoms with Crippen molar-refractivity contribution in [1.29, 1.82) is 0 Å². The Hall–Kier alpha value is -1.83. The first kappa shape index (κ1) is 14.1. The molecule has 2 aromatic heterocycles. The van der Waals surface area contributed by atoms with Crippen LogP contribution in [-0.4, -0.2) is 41.0 Å². The third-order valence-electron chi connectivity index (χ3n) is 3.59. The zero-order valence-electron chi connectivity index (χ0n) is 11.4. The average Bonchev–Trinajstić information content (AvgIpc) is 3.03. The van der Waals surface area contributed by atoms with Crippen molar-refractivity contribution in [1.82, 2.24) is 15.2 Å². The molecule has 1 fully saturated rings. The van der Waals surface area contributed by atoms with E-state index < -0.39 is 4.92 Å². The molecule has 1 unspecified atom stereocenters. The maximum atomic E-state index is 10.8. The van der Waals surface area contributed by atoms with Crippen LogP contribution < -0.4 is 5.32 Å². The highest BCUT2D eigenvalue weighted by molar-refractivity contribution is 7.10. The van der Waals surface area contributed by atoms with Crippen molar-refractivity contribution < 1.29 is 4.92 Å². The number of rotatable bonds is 4. The van der Waals surface area contributed by atoms with Gasteiger partial charge in [-0.1, -0.05) is 6.07 Å². The second kappa shape index (κ2) is 6.30. The zero-order valence-corrected chi connectivity index (χ0v) is 12.3. The zero-order chi connectivity index (χ0) is 14.7. The van der Waals surface area contributed by atoms with Crippen LogP contribution in [0.5, 0.6) is 0 Å². The highest BCUT2D eigenvalue weighted by atomic mass is 32.1. The van der Waals surface area contributed by atoms with Gasteiger partial charge in [-0.2, -0.15) is 0 Å². The Morgan fingerprint density at radius 2 is 2.14 bits per heavy atom. The second-order valence-corrected chi connectivity index (χ2v) is 5.88.